The fraction of sp³-hybridized carbons (Fsp3) is 0.733. The number of ether oxygens (including phenoxy) is 3. The fourth-order valence-electron chi connectivity index (χ4n) is 2.91. The zero-order chi connectivity index (χ0) is 23.8. The van der Waals surface area contributed by atoms with Crippen LogP contribution in [0.2, 0.25) is 0 Å². The number of rotatable bonds is 13. The third kappa shape index (κ3) is 8.54. The van der Waals surface area contributed by atoms with E-state index in [9.17, 15) is 42.9 Å². The van der Waals surface area contributed by atoms with Crippen LogP contribution >= 0.6 is 0 Å². The van der Waals surface area contributed by atoms with E-state index in [-0.39, 0.29) is 25.5 Å². The number of carbonyl (C=O) groups is 4. The molecule has 0 radical (unpaired) electrons. The van der Waals surface area contributed by atoms with E-state index in [2.05, 4.69) is 14.2 Å². The van der Waals surface area contributed by atoms with Crippen molar-refractivity contribution in [2.24, 2.45) is 5.92 Å². The molecule has 1 aliphatic carbocycles. The molecule has 15 nitrogen and oxygen atoms in total. The number of carbonyl (C=O) groups excluding carboxylic acids is 4. The highest BCUT2D eigenvalue weighted by Gasteiger charge is 2.46. The van der Waals surface area contributed by atoms with Crippen LogP contribution in [0.3, 0.4) is 0 Å². The third-order valence-electron chi connectivity index (χ3n) is 4.21. The standard InChI is InChI=1S/C15H23NO14S/c1-7(20)16-12-9(21)2-8(5-28-31(24,25)26)13(23)14(12)29-11(4-18)30-15(27-6-19)10(22)3-17/h3-4,6,8-15,21-23H,2,5H2,1H3,(H,16,20)(H,24,25,26). The normalized spacial score (nSPS) is 29.3. The number of aliphatic hydroxyl groups excluding tert-OH is 3. The van der Waals surface area contributed by atoms with E-state index in [1.165, 1.54) is 0 Å². The highest BCUT2D eigenvalue weighted by molar-refractivity contribution is 7.80. The Morgan fingerprint density at radius 1 is 1.23 bits per heavy atom. The number of amides is 1. The van der Waals surface area contributed by atoms with Gasteiger partial charge in [0, 0.05) is 12.8 Å². The molecule has 8 unspecified atom stereocenters. The van der Waals surface area contributed by atoms with Gasteiger partial charge in [0.15, 0.2) is 18.7 Å². The first kappa shape index (κ1) is 27.0. The lowest BCUT2D eigenvalue weighted by molar-refractivity contribution is -0.271. The molecular formula is C15H23NO14S. The van der Waals surface area contributed by atoms with Gasteiger partial charge in [-0.3, -0.25) is 18.9 Å². The minimum atomic E-state index is -4.87. The van der Waals surface area contributed by atoms with Crippen LogP contribution in [-0.2, 0) is 48.0 Å². The lowest BCUT2D eigenvalue weighted by Crippen LogP contribution is -2.63. The first-order valence-corrected chi connectivity index (χ1v) is 10.0. The summed E-state index contributed by atoms with van der Waals surface area (Å²) >= 11 is 0. The maximum atomic E-state index is 11.5. The van der Waals surface area contributed by atoms with Crippen molar-refractivity contribution in [1.29, 1.82) is 0 Å². The van der Waals surface area contributed by atoms with E-state index in [4.69, 9.17) is 14.0 Å². The van der Waals surface area contributed by atoms with Crippen molar-refractivity contribution in [1.82, 2.24) is 5.32 Å². The minimum Gasteiger partial charge on any atom is -0.434 e. The Hall–Kier alpha value is -2.05. The molecule has 1 amide bonds. The molecule has 0 aromatic heterocycles. The van der Waals surface area contributed by atoms with Gasteiger partial charge >= 0.3 is 10.4 Å². The third-order valence-corrected chi connectivity index (χ3v) is 4.65. The van der Waals surface area contributed by atoms with Gasteiger partial charge < -0.3 is 39.6 Å². The van der Waals surface area contributed by atoms with Gasteiger partial charge in [-0.1, -0.05) is 0 Å². The first-order chi connectivity index (χ1) is 14.4. The minimum absolute atomic E-state index is 0.000901. The zero-order valence-electron chi connectivity index (χ0n) is 16.0. The van der Waals surface area contributed by atoms with Crippen LogP contribution in [-0.4, -0.2) is 103 Å². The molecule has 0 saturated heterocycles. The van der Waals surface area contributed by atoms with E-state index in [1.807, 2.05) is 0 Å². The molecule has 1 aliphatic rings. The summed E-state index contributed by atoms with van der Waals surface area (Å²) in [4.78, 5) is 44.0. The zero-order valence-corrected chi connectivity index (χ0v) is 16.9. The summed E-state index contributed by atoms with van der Waals surface area (Å²) in [5, 5.41) is 32.6. The molecule has 0 aromatic rings. The number of nitrogens with one attached hydrogen (secondary N) is 1. The van der Waals surface area contributed by atoms with Crippen molar-refractivity contribution in [3.63, 3.8) is 0 Å². The van der Waals surface area contributed by atoms with Crippen molar-refractivity contribution >= 4 is 35.4 Å². The largest absolute Gasteiger partial charge is 0.434 e. The summed E-state index contributed by atoms with van der Waals surface area (Å²) < 4.78 is 49.0. The summed E-state index contributed by atoms with van der Waals surface area (Å²) in [5.74, 6) is -1.80. The van der Waals surface area contributed by atoms with Crippen LogP contribution in [0.25, 0.3) is 0 Å². The number of hydrogen-bond donors (Lipinski definition) is 5. The molecule has 5 N–H and O–H groups in total. The Bertz CT molecular complexity index is 729. The predicted molar refractivity (Wildman–Crippen MR) is 94.0 cm³/mol. The molecule has 0 bridgehead atoms. The van der Waals surface area contributed by atoms with Crippen LogP contribution in [0.4, 0.5) is 0 Å². The van der Waals surface area contributed by atoms with Crippen molar-refractivity contribution in [3.05, 3.63) is 0 Å². The molecule has 178 valence electrons. The lowest BCUT2D eigenvalue weighted by Gasteiger charge is -2.43. The average Bonchev–Trinajstić information content (AvgIpc) is 2.68. The van der Waals surface area contributed by atoms with Crippen molar-refractivity contribution in [2.45, 2.75) is 56.4 Å². The van der Waals surface area contributed by atoms with Crippen molar-refractivity contribution < 1.29 is 65.9 Å². The lowest BCUT2D eigenvalue weighted by atomic mass is 9.79. The van der Waals surface area contributed by atoms with Crippen molar-refractivity contribution in [3.8, 4) is 0 Å². The Balaban J connectivity index is 3.08. The second-order valence-electron chi connectivity index (χ2n) is 6.46. The SMILES string of the molecule is CC(=O)NC1C(O)CC(COS(=O)(=O)O)C(O)C1OC(C=O)OC(OC=O)C(O)C=O. The van der Waals surface area contributed by atoms with Gasteiger partial charge in [-0.25, -0.2) is 4.18 Å². The fourth-order valence-corrected chi connectivity index (χ4v) is 3.26. The van der Waals surface area contributed by atoms with Gasteiger partial charge in [0.05, 0.1) is 24.9 Å². The van der Waals surface area contributed by atoms with E-state index >= 15 is 0 Å². The maximum Gasteiger partial charge on any atom is 0.397 e. The quantitative estimate of drug-likeness (QED) is 0.0975. The second-order valence-corrected chi connectivity index (χ2v) is 7.55. The topological polar surface area (TPSA) is 232 Å². The number of aliphatic hydroxyl groups is 3. The molecular weight excluding hydrogens is 450 g/mol. The monoisotopic (exact) mass is 473 g/mol. The Kier molecular flexibility index (Phi) is 10.5. The van der Waals surface area contributed by atoms with Gasteiger partial charge in [-0.15, -0.1) is 0 Å². The number of hydrogen-bond acceptors (Lipinski definition) is 13. The Labute approximate surface area is 176 Å². The molecule has 8 atom stereocenters. The van der Waals surface area contributed by atoms with E-state index < -0.39 is 71.9 Å². The highest BCUT2D eigenvalue weighted by Crippen LogP contribution is 2.29. The van der Waals surface area contributed by atoms with E-state index in [0.29, 0.717) is 0 Å². The summed E-state index contributed by atoms with van der Waals surface area (Å²) in [5.41, 5.74) is 0. The first-order valence-electron chi connectivity index (χ1n) is 8.67. The van der Waals surface area contributed by atoms with E-state index in [0.717, 1.165) is 6.92 Å². The second kappa shape index (κ2) is 12.1. The Morgan fingerprint density at radius 3 is 2.35 bits per heavy atom. The molecule has 0 aliphatic heterocycles. The average molecular weight is 473 g/mol. The van der Waals surface area contributed by atoms with Gasteiger partial charge in [-0.05, 0) is 6.42 Å². The predicted octanol–water partition coefficient (Wildman–Crippen LogP) is -3.96. The van der Waals surface area contributed by atoms with Crippen LogP contribution in [0, 0.1) is 5.92 Å². The summed E-state index contributed by atoms with van der Waals surface area (Å²) in [6.45, 7) is 0.129. The van der Waals surface area contributed by atoms with Crippen LogP contribution < -0.4 is 5.32 Å². The van der Waals surface area contributed by atoms with Crippen LogP contribution in [0.15, 0.2) is 0 Å². The highest BCUT2D eigenvalue weighted by atomic mass is 32.3. The summed E-state index contributed by atoms with van der Waals surface area (Å²) in [6, 6.07) is -1.32. The molecule has 0 spiro atoms. The number of aldehydes is 2. The summed E-state index contributed by atoms with van der Waals surface area (Å²) in [7, 11) is -4.87. The molecule has 1 saturated carbocycles. The molecule has 0 aromatic carbocycles. The van der Waals surface area contributed by atoms with Crippen LogP contribution in [0.5, 0.6) is 0 Å². The summed E-state index contributed by atoms with van der Waals surface area (Å²) in [6.07, 6.45) is -11.0. The molecule has 1 rings (SSSR count). The van der Waals surface area contributed by atoms with Gasteiger partial charge in [0.2, 0.25) is 18.5 Å². The van der Waals surface area contributed by atoms with Crippen LogP contribution in [0.1, 0.15) is 13.3 Å². The molecule has 31 heavy (non-hydrogen) atoms. The molecule has 0 heterocycles. The molecule has 1 fully saturated rings. The Morgan fingerprint density at radius 2 is 1.87 bits per heavy atom. The maximum absolute atomic E-state index is 11.5. The smallest absolute Gasteiger partial charge is 0.397 e. The van der Waals surface area contributed by atoms with Gasteiger partial charge in [-0.2, -0.15) is 8.42 Å². The van der Waals surface area contributed by atoms with Gasteiger partial charge in [0.1, 0.15) is 6.10 Å². The molecule has 16 heteroatoms. The van der Waals surface area contributed by atoms with Gasteiger partial charge in [0.25, 0.3) is 6.47 Å². The van der Waals surface area contributed by atoms with Crippen molar-refractivity contribution in [2.75, 3.05) is 6.61 Å². The van der Waals surface area contributed by atoms with E-state index in [1.54, 1.807) is 0 Å².